The topological polar surface area (TPSA) is 102 Å². The van der Waals surface area contributed by atoms with Gasteiger partial charge in [-0.2, -0.15) is 0 Å². The number of rotatable bonds is 6. The van der Waals surface area contributed by atoms with E-state index in [0.29, 0.717) is 35.0 Å². The molecular weight excluding hydrogens is 460 g/mol. The molecule has 182 valence electrons. The van der Waals surface area contributed by atoms with Gasteiger partial charge in [0.05, 0.1) is 25.3 Å². The van der Waals surface area contributed by atoms with Gasteiger partial charge in [-0.25, -0.2) is 0 Å². The summed E-state index contributed by atoms with van der Waals surface area (Å²) >= 11 is 0. The van der Waals surface area contributed by atoms with Gasteiger partial charge in [-0.1, -0.05) is 47.6 Å². The molecule has 8 nitrogen and oxygen atoms in total. The molecule has 0 bridgehead atoms. The third-order valence-electron chi connectivity index (χ3n) is 6.13. The summed E-state index contributed by atoms with van der Waals surface area (Å²) in [5.41, 5.74) is 0.908. The number of hydrogen-bond acceptors (Lipinski definition) is 7. The minimum absolute atomic E-state index is 0.0536. The summed E-state index contributed by atoms with van der Waals surface area (Å²) in [7, 11) is 1.51. The van der Waals surface area contributed by atoms with Crippen LogP contribution >= 0.6 is 0 Å². The lowest BCUT2D eigenvalue weighted by Gasteiger charge is -2.23. The predicted octanol–water partition coefficient (Wildman–Crippen LogP) is 5.17. The van der Waals surface area contributed by atoms with Crippen LogP contribution in [0.5, 0.6) is 11.5 Å². The standard InChI is InChI=1S/C28H24N2O6/c1-4-35-21-12-11-19(15-22(21)34-3)25-24(27(32)28(33)30(25)23-13-16(2)36-29-23)26(31)20-10-9-17-7-5-6-8-18(17)14-20/h5-15,25,31H,4H2,1-3H3. The third-order valence-corrected chi connectivity index (χ3v) is 6.13. The number of ketones is 1. The van der Waals surface area contributed by atoms with E-state index < -0.39 is 17.7 Å². The van der Waals surface area contributed by atoms with E-state index in [2.05, 4.69) is 5.16 Å². The van der Waals surface area contributed by atoms with Crippen molar-refractivity contribution in [2.24, 2.45) is 0 Å². The quantitative estimate of drug-likeness (QED) is 0.229. The highest BCUT2D eigenvalue weighted by Crippen LogP contribution is 2.44. The summed E-state index contributed by atoms with van der Waals surface area (Å²) in [5, 5.41) is 17.3. The smallest absolute Gasteiger partial charge is 0.301 e. The van der Waals surface area contributed by atoms with E-state index in [9.17, 15) is 14.7 Å². The molecule has 2 heterocycles. The summed E-state index contributed by atoms with van der Waals surface area (Å²) < 4.78 is 16.3. The zero-order valence-electron chi connectivity index (χ0n) is 20.0. The summed E-state index contributed by atoms with van der Waals surface area (Å²) in [5.74, 6) is -0.314. The molecule has 1 aromatic heterocycles. The lowest BCUT2D eigenvalue weighted by atomic mass is 9.94. The van der Waals surface area contributed by atoms with E-state index in [1.165, 1.54) is 12.0 Å². The minimum atomic E-state index is -0.967. The van der Waals surface area contributed by atoms with Crippen molar-refractivity contribution in [3.05, 3.63) is 89.2 Å². The first-order chi connectivity index (χ1) is 17.4. The van der Waals surface area contributed by atoms with Crippen molar-refractivity contribution in [3.63, 3.8) is 0 Å². The van der Waals surface area contributed by atoms with Gasteiger partial charge in [-0.15, -0.1) is 0 Å². The zero-order valence-corrected chi connectivity index (χ0v) is 20.0. The number of carbonyl (C=O) groups excluding carboxylic acids is 2. The molecule has 1 atom stereocenters. The second-order valence-corrected chi connectivity index (χ2v) is 8.37. The normalized spacial score (nSPS) is 17.1. The maximum absolute atomic E-state index is 13.4. The van der Waals surface area contributed by atoms with Gasteiger partial charge in [0, 0.05) is 11.6 Å². The number of aliphatic hydroxyl groups excluding tert-OH is 1. The van der Waals surface area contributed by atoms with Crippen LogP contribution in [0, 0.1) is 6.92 Å². The van der Waals surface area contributed by atoms with Gasteiger partial charge >= 0.3 is 5.91 Å². The Kier molecular flexibility index (Phi) is 5.93. The molecule has 1 aliphatic rings. The Labute approximate surface area is 207 Å². The lowest BCUT2D eigenvalue weighted by Crippen LogP contribution is -2.29. The Morgan fingerprint density at radius 1 is 1.03 bits per heavy atom. The molecule has 0 aliphatic carbocycles. The van der Waals surface area contributed by atoms with Crippen molar-refractivity contribution in [2.75, 3.05) is 18.6 Å². The first-order valence-corrected chi connectivity index (χ1v) is 11.5. The highest BCUT2D eigenvalue weighted by Gasteiger charge is 2.48. The van der Waals surface area contributed by atoms with Crippen LogP contribution in [0.25, 0.3) is 16.5 Å². The van der Waals surface area contributed by atoms with Crippen molar-refractivity contribution < 1.29 is 28.7 Å². The molecule has 8 heteroatoms. The molecule has 1 unspecified atom stereocenters. The number of aryl methyl sites for hydroxylation is 1. The number of anilines is 1. The summed E-state index contributed by atoms with van der Waals surface area (Å²) in [6.07, 6.45) is 0. The number of aliphatic hydroxyl groups is 1. The van der Waals surface area contributed by atoms with E-state index in [4.69, 9.17) is 14.0 Å². The van der Waals surface area contributed by atoms with Gasteiger partial charge in [-0.3, -0.25) is 14.5 Å². The molecule has 1 N–H and O–H groups in total. The van der Waals surface area contributed by atoms with Crippen LogP contribution in [0.3, 0.4) is 0 Å². The molecule has 1 saturated heterocycles. The Bertz CT molecular complexity index is 1520. The average molecular weight is 485 g/mol. The number of amides is 1. The average Bonchev–Trinajstić information content (AvgIpc) is 3.43. The monoisotopic (exact) mass is 484 g/mol. The first kappa shape index (κ1) is 23.2. The maximum atomic E-state index is 13.4. The number of ether oxygens (including phenoxy) is 2. The SMILES string of the molecule is CCOc1ccc(C2C(=C(O)c3ccc4ccccc4c3)C(=O)C(=O)N2c2cc(C)on2)cc1OC. The number of Topliss-reactive ketones (excluding diaryl/α,β-unsaturated/α-hetero) is 1. The van der Waals surface area contributed by atoms with E-state index in [-0.39, 0.29) is 17.2 Å². The molecule has 5 rings (SSSR count). The van der Waals surface area contributed by atoms with Gasteiger partial charge in [0.1, 0.15) is 11.5 Å². The fourth-order valence-electron chi connectivity index (χ4n) is 4.47. The number of aromatic nitrogens is 1. The molecule has 0 spiro atoms. The van der Waals surface area contributed by atoms with Gasteiger partial charge in [0.25, 0.3) is 5.78 Å². The largest absolute Gasteiger partial charge is 0.507 e. The molecule has 1 aliphatic heterocycles. The number of fused-ring (bicyclic) bond motifs is 1. The van der Waals surface area contributed by atoms with Crippen LogP contribution < -0.4 is 14.4 Å². The molecule has 36 heavy (non-hydrogen) atoms. The van der Waals surface area contributed by atoms with Crippen molar-refractivity contribution in [2.45, 2.75) is 19.9 Å². The number of carbonyl (C=O) groups is 2. The lowest BCUT2D eigenvalue weighted by molar-refractivity contribution is -0.132. The van der Waals surface area contributed by atoms with Crippen LogP contribution in [0.1, 0.15) is 29.9 Å². The number of benzene rings is 3. The fraction of sp³-hybridized carbons (Fsp3) is 0.179. The summed E-state index contributed by atoms with van der Waals surface area (Å²) in [6, 6.07) is 18.8. The van der Waals surface area contributed by atoms with Crippen molar-refractivity contribution in [1.82, 2.24) is 5.16 Å². The van der Waals surface area contributed by atoms with Gasteiger partial charge < -0.3 is 19.1 Å². The van der Waals surface area contributed by atoms with Crippen LogP contribution in [-0.2, 0) is 9.59 Å². The van der Waals surface area contributed by atoms with E-state index in [1.54, 1.807) is 43.3 Å². The fourth-order valence-corrected chi connectivity index (χ4v) is 4.47. The van der Waals surface area contributed by atoms with Crippen LogP contribution in [-0.4, -0.2) is 35.7 Å². The Morgan fingerprint density at radius 2 is 1.81 bits per heavy atom. The molecule has 1 amide bonds. The second-order valence-electron chi connectivity index (χ2n) is 8.37. The minimum Gasteiger partial charge on any atom is -0.507 e. The number of hydrogen-bond donors (Lipinski definition) is 1. The van der Waals surface area contributed by atoms with Crippen LogP contribution in [0.15, 0.2) is 76.8 Å². The zero-order chi connectivity index (χ0) is 25.4. The van der Waals surface area contributed by atoms with Gasteiger partial charge in [-0.05, 0) is 48.4 Å². The van der Waals surface area contributed by atoms with Crippen molar-refractivity contribution in [3.8, 4) is 11.5 Å². The van der Waals surface area contributed by atoms with E-state index in [1.807, 2.05) is 37.3 Å². The maximum Gasteiger partial charge on any atom is 0.301 e. The summed E-state index contributed by atoms with van der Waals surface area (Å²) in [4.78, 5) is 27.9. The molecule has 1 fully saturated rings. The number of methoxy groups -OCH3 is 1. The molecule has 4 aromatic rings. The number of nitrogens with zero attached hydrogens (tertiary/aromatic N) is 2. The molecule has 3 aromatic carbocycles. The van der Waals surface area contributed by atoms with E-state index in [0.717, 1.165) is 10.8 Å². The van der Waals surface area contributed by atoms with Crippen molar-refractivity contribution >= 4 is 34.0 Å². The molecule has 0 radical (unpaired) electrons. The Morgan fingerprint density at radius 3 is 2.50 bits per heavy atom. The van der Waals surface area contributed by atoms with Gasteiger partial charge in [0.2, 0.25) is 0 Å². The highest BCUT2D eigenvalue weighted by molar-refractivity contribution is 6.51. The van der Waals surface area contributed by atoms with Crippen molar-refractivity contribution in [1.29, 1.82) is 0 Å². The molecule has 0 saturated carbocycles. The summed E-state index contributed by atoms with van der Waals surface area (Å²) in [6.45, 7) is 3.99. The Balaban J connectivity index is 1.72. The molecular formula is C28H24N2O6. The first-order valence-electron chi connectivity index (χ1n) is 11.5. The Hall–Kier alpha value is -4.59. The third kappa shape index (κ3) is 3.86. The van der Waals surface area contributed by atoms with Crippen LogP contribution in [0.2, 0.25) is 0 Å². The van der Waals surface area contributed by atoms with Gasteiger partial charge in [0.15, 0.2) is 17.3 Å². The second kappa shape index (κ2) is 9.22. The highest BCUT2D eigenvalue weighted by atomic mass is 16.5. The van der Waals surface area contributed by atoms with Crippen LogP contribution in [0.4, 0.5) is 5.82 Å². The van der Waals surface area contributed by atoms with E-state index >= 15 is 0 Å². The predicted molar refractivity (Wildman–Crippen MR) is 134 cm³/mol.